The van der Waals surface area contributed by atoms with Gasteiger partial charge >= 0.3 is 5.69 Å². The number of rotatable bonds is 2. The first-order chi connectivity index (χ1) is 8.97. The number of amides is 1. The van der Waals surface area contributed by atoms with E-state index in [4.69, 9.17) is 0 Å². The van der Waals surface area contributed by atoms with Crippen LogP contribution < -0.4 is 11.2 Å². The molecule has 0 bridgehead atoms. The van der Waals surface area contributed by atoms with Gasteiger partial charge in [0.1, 0.15) is 6.54 Å². The van der Waals surface area contributed by atoms with Gasteiger partial charge in [-0.25, -0.2) is 4.79 Å². The minimum Gasteiger partial charge on any atom is -0.339 e. The number of likely N-dealkylation sites (N-methyl/N-ethyl adjacent to an activating group) is 1. The van der Waals surface area contributed by atoms with Gasteiger partial charge in [-0.05, 0) is 23.0 Å². The van der Waals surface area contributed by atoms with Crippen molar-refractivity contribution in [3.8, 4) is 0 Å². The fourth-order valence-electron chi connectivity index (χ4n) is 1.90. The summed E-state index contributed by atoms with van der Waals surface area (Å²) >= 11 is 3.04. The highest BCUT2D eigenvalue weighted by molar-refractivity contribution is 9.10. The number of halogens is 1. The third-order valence-corrected chi connectivity index (χ3v) is 3.69. The Labute approximate surface area is 118 Å². The van der Waals surface area contributed by atoms with Crippen LogP contribution in [0.2, 0.25) is 0 Å². The molecular formula is C11H15BrN4O3. The molecule has 0 atom stereocenters. The van der Waals surface area contributed by atoms with Crippen molar-refractivity contribution in [1.82, 2.24) is 19.4 Å². The first-order valence-corrected chi connectivity index (χ1v) is 6.72. The SMILES string of the molecule is CN1CCN(C(=O)Cn2cc(Br)c(=O)[nH]c2=O)CC1. The summed E-state index contributed by atoms with van der Waals surface area (Å²) < 4.78 is 1.44. The van der Waals surface area contributed by atoms with Crippen molar-refractivity contribution in [1.29, 1.82) is 0 Å². The molecule has 104 valence electrons. The maximum absolute atomic E-state index is 12.1. The predicted octanol–water partition coefficient (Wildman–Crippen LogP) is -0.927. The Morgan fingerprint density at radius 1 is 1.32 bits per heavy atom. The van der Waals surface area contributed by atoms with E-state index in [1.165, 1.54) is 10.8 Å². The third-order valence-electron chi connectivity index (χ3n) is 3.13. The van der Waals surface area contributed by atoms with Gasteiger partial charge in [-0.15, -0.1) is 0 Å². The van der Waals surface area contributed by atoms with E-state index in [1.54, 1.807) is 4.90 Å². The van der Waals surface area contributed by atoms with Gasteiger partial charge in [0, 0.05) is 32.4 Å². The quantitative estimate of drug-likeness (QED) is 0.760. The summed E-state index contributed by atoms with van der Waals surface area (Å²) in [5.41, 5.74) is -1.07. The average molecular weight is 331 g/mol. The van der Waals surface area contributed by atoms with Crippen molar-refractivity contribution in [3.05, 3.63) is 31.5 Å². The lowest BCUT2D eigenvalue weighted by Gasteiger charge is -2.32. The molecule has 0 unspecified atom stereocenters. The van der Waals surface area contributed by atoms with E-state index in [0.717, 1.165) is 13.1 Å². The molecule has 1 saturated heterocycles. The van der Waals surface area contributed by atoms with E-state index in [2.05, 4.69) is 25.8 Å². The molecule has 1 amide bonds. The fourth-order valence-corrected chi connectivity index (χ4v) is 2.25. The van der Waals surface area contributed by atoms with Crippen LogP contribution in [0.5, 0.6) is 0 Å². The molecule has 0 radical (unpaired) electrons. The number of nitrogens with zero attached hydrogens (tertiary/aromatic N) is 3. The van der Waals surface area contributed by atoms with Gasteiger partial charge in [0.25, 0.3) is 5.56 Å². The molecule has 19 heavy (non-hydrogen) atoms. The Kier molecular flexibility index (Phi) is 4.20. The zero-order chi connectivity index (χ0) is 14.0. The van der Waals surface area contributed by atoms with Gasteiger partial charge in [-0.3, -0.25) is 19.1 Å². The smallest absolute Gasteiger partial charge is 0.328 e. The van der Waals surface area contributed by atoms with Gasteiger partial charge in [0.15, 0.2) is 0 Å². The van der Waals surface area contributed by atoms with Gasteiger partial charge < -0.3 is 9.80 Å². The maximum Gasteiger partial charge on any atom is 0.328 e. The summed E-state index contributed by atoms with van der Waals surface area (Å²) in [6.45, 7) is 2.92. The lowest BCUT2D eigenvalue weighted by atomic mass is 10.3. The molecule has 2 heterocycles. The Balaban J connectivity index is 2.09. The van der Waals surface area contributed by atoms with Crippen molar-refractivity contribution in [2.24, 2.45) is 0 Å². The normalized spacial score (nSPS) is 16.6. The molecule has 1 aromatic rings. The number of hydrogen-bond donors (Lipinski definition) is 1. The number of nitrogens with one attached hydrogen (secondary N) is 1. The molecule has 1 N–H and O–H groups in total. The molecule has 0 saturated carbocycles. The van der Waals surface area contributed by atoms with Crippen molar-refractivity contribution >= 4 is 21.8 Å². The van der Waals surface area contributed by atoms with Crippen LogP contribution in [0, 0.1) is 0 Å². The van der Waals surface area contributed by atoms with Crippen molar-refractivity contribution in [2.45, 2.75) is 6.54 Å². The molecule has 0 spiro atoms. The van der Waals surface area contributed by atoms with Gasteiger partial charge in [0.05, 0.1) is 4.47 Å². The van der Waals surface area contributed by atoms with Crippen LogP contribution in [0.15, 0.2) is 20.3 Å². The third kappa shape index (κ3) is 3.32. The second-order valence-electron chi connectivity index (χ2n) is 4.55. The molecule has 0 aliphatic carbocycles. The number of carbonyl (C=O) groups is 1. The fraction of sp³-hybridized carbons (Fsp3) is 0.545. The zero-order valence-electron chi connectivity index (χ0n) is 10.6. The minimum atomic E-state index is -0.573. The summed E-state index contributed by atoms with van der Waals surface area (Å²) in [5.74, 6) is -0.117. The molecule has 1 aromatic heterocycles. The lowest BCUT2D eigenvalue weighted by molar-refractivity contribution is -0.133. The monoisotopic (exact) mass is 330 g/mol. The van der Waals surface area contributed by atoms with Crippen LogP contribution >= 0.6 is 15.9 Å². The lowest BCUT2D eigenvalue weighted by Crippen LogP contribution is -2.48. The first-order valence-electron chi connectivity index (χ1n) is 5.93. The van der Waals surface area contributed by atoms with E-state index < -0.39 is 11.2 Å². The number of aromatic nitrogens is 2. The van der Waals surface area contributed by atoms with Gasteiger partial charge in [-0.1, -0.05) is 0 Å². The van der Waals surface area contributed by atoms with E-state index in [9.17, 15) is 14.4 Å². The van der Waals surface area contributed by atoms with Crippen molar-refractivity contribution in [2.75, 3.05) is 33.2 Å². The summed E-state index contributed by atoms with van der Waals surface area (Å²) in [6, 6.07) is 0. The van der Waals surface area contributed by atoms with Crippen LogP contribution in [0.3, 0.4) is 0 Å². The topological polar surface area (TPSA) is 78.4 Å². The molecule has 1 aliphatic heterocycles. The van der Waals surface area contributed by atoms with Crippen LogP contribution in [0.4, 0.5) is 0 Å². The van der Waals surface area contributed by atoms with Crippen LogP contribution in [-0.2, 0) is 11.3 Å². The number of hydrogen-bond acceptors (Lipinski definition) is 4. The molecular weight excluding hydrogens is 316 g/mol. The first kappa shape index (κ1) is 14.0. The van der Waals surface area contributed by atoms with E-state index >= 15 is 0 Å². The summed E-state index contributed by atoms with van der Waals surface area (Å²) in [7, 11) is 2.01. The largest absolute Gasteiger partial charge is 0.339 e. The Morgan fingerprint density at radius 3 is 2.58 bits per heavy atom. The molecule has 1 aliphatic rings. The van der Waals surface area contributed by atoms with Crippen LogP contribution in [0.1, 0.15) is 0 Å². The molecule has 0 aromatic carbocycles. The Hall–Kier alpha value is -1.41. The summed E-state index contributed by atoms with van der Waals surface area (Å²) in [6.07, 6.45) is 1.34. The Morgan fingerprint density at radius 2 is 1.95 bits per heavy atom. The minimum absolute atomic E-state index is 0.0576. The maximum atomic E-state index is 12.1. The molecule has 7 nitrogen and oxygen atoms in total. The van der Waals surface area contributed by atoms with Crippen LogP contribution in [0.25, 0.3) is 0 Å². The molecule has 2 rings (SSSR count). The van der Waals surface area contributed by atoms with Gasteiger partial charge in [-0.2, -0.15) is 0 Å². The van der Waals surface area contributed by atoms with E-state index in [1.807, 2.05) is 7.05 Å². The number of H-pyrrole nitrogens is 1. The highest BCUT2D eigenvalue weighted by atomic mass is 79.9. The van der Waals surface area contributed by atoms with Gasteiger partial charge in [0.2, 0.25) is 5.91 Å². The zero-order valence-corrected chi connectivity index (χ0v) is 12.1. The molecule has 8 heteroatoms. The summed E-state index contributed by atoms with van der Waals surface area (Å²) in [5, 5.41) is 0. The predicted molar refractivity (Wildman–Crippen MR) is 73.1 cm³/mol. The number of carbonyl (C=O) groups excluding carboxylic acids is 1. The molecule has 1 fully saturated rings. The van der Waals surface area contributed by atoms with Crippen molar-refractivity contribution < 1.29 is 4.79 Å². The summed E-state index contributed by atoms with van der Waals surface area (Å²) in [4.78, 5) is 40.9. The average Bonchev–Trinajstić information content (AvgIpc) is 2.36. The highest BCUT2D eigenvalue weighted by Gasteiger charge is 2.19. The number of piperazine rings is 1. The second-order valence-corrected chi connectivity index (χ2v) is 5.40. The standard InChI is InChI=1S/C11H15BrN4O3/c1-14-2-4-15(5-3-14)9(17)7-16-6-8(12)10(18)13-11(16)19/h6H,2-5,7H2,1H3,(H,13,18,19). The van der Waals surface area contributed by atoms with E-state index in [-0.39, 0.29) is 16.9 Å². The highest BCUT2D eigenvalue weighted by Crippen LogP contribution is 2.02. The second kappa shape index (κ2) is 5.70. The number of aromatic amines is 1. The van der Waals surface area contributed by atoms with Crippen LogP contribution in [-0.4, -0.2) is 58.5 Å². The van der Waals surface area contributed by atoms with Crippen molar-refractivity contribution in [3.63, 3.8) is 0 Å². The van der Waals surface area contributed by atoms with E-state index in [0.29, 0.717) is 13.1 Å². The Bertz CT molecular complexity index is 586.